The molecule has 1 aliphatic rings. The Kier molecular flexibility index (Phi) is 5.61. The predicted molar refractivity (Wildman–Crippen MR) is 109 cm³/mol. The minimum absolute atomic E-state index is 0.0843. The van der Waals surface area contributed by atoms with E-state index >= 15 is 0 Å². The second kappa shape index (κ2) is 8.65. The Bertz CT molecular complexity index is 981. The number of nitrogens with zero attached hydrogens (tertiary/aromatic N) is 6. The molecule has 1 fully saturated rings. The molecule has 4 rings (SSSR count). The third-order valence-electron chi connectivity index (χ3n) is 5.33. The second-order valence-corrected chi connectivity index (χ2v) is 7.00. The van der Waals surface area contributed by atoms with Gasteiger partial charge in [-0.15, -0.1) is 0 Å². The molecule has 0 bridgehead atoms. The third kappa shape index (κ3) is 4.02. The Hall–Kier alpha value is -3.53. The number of anilines is 1. The van der Waals surface area contributed by atoms with Crippen molar-refractivity contribution in [3.8, 4) is 23.5 Å². The summed E-state index contributed by atoms with van der Waals surface area (Å²) in [6.45, 7) is 1.61. The lowest BCUT2D eigenvalue weighted by Crippen LogP contribution is -2.36. The Morgan fingerprint density at radius 1 is 1.03 bits per heavy atom. The number of hydrogen-bond donors (Lipinski definition) is 0. The van der Waals surface area contributed by atoms with Crippen LogP contribution in [0.1, 0.15) is 24.3 Å². The lowest BCUT2D eigenvalue weighted by Gasteiger charge is -2.35. The summed E-state index contributed by atoms with van der Waals surface area (Å²) in [5.74, 6) is 2.57. The monoisotopic (exact) mass is 386 g/mol. The normalized spacial score (nSPS) is 15.5. The molecular weight excluding hydrogens is 364 g/mol. The van der Waals surface area contributed by atoms with Crippen molar-refractivity contribution in [1.29, 1.82) is 5.26 Å². The van der Waals surface area contributed by atoms with Gasteiger partial charge in [0.1, 0.15) is 0 Å². The molecule has 0 saturated carbocycles. The van der Waals surface area contributed by atoms with Gasteiger partial charge in [-0.25, -0.2) is 19.9 Å². The number of nitriles is 1. The number of hydrogen-bond acceptors (Lipinski definition) is 7. The van der Waals surface area contributed by atoms with E-state index < -0.39 is 0 Å². The molecular formula is C22H22N6O. The van der Waals surface area contributed by atoms with Gasteiger partial charge in [0.05, 0.1) is 25.3 Å². The first-order valence-corrected chi connectivity index (χ1v) is 9.68. The first-order valence-electron chi connectivity index (χ1n) is 9.68. The van der Waals surface area contributed by atoms with Crippen LogP contribution in [0.4, 0.5) is 5.82 Å². The molecule has 3 heterocycles. The summed E-state index contributed by atoms with van der Waals surface area (Å²) in [6.07, 6.45) is 6.84. The summed E-state index contributed by atoms with van der Waals surface area (Å²) in [6, 6.07) is 14.3. The third-order valence-corrected chi connectivity index (χ3v) is 5.33. The number of ether oxygens (including phenoxy) is 1. The van der Waals surface area contributed by atoms with Crippen molar-refractivity contribution in [3.63, 3.8) is 0 Å². The maximum Gasteiger partial charge on any atom is 0.199 e. The van der Waals surface area contributed by atoms with Gasteiger partial charge in [-0.05, 0) is 30.4 Å². The Morgan fingerprint density at radius 2 is 1.76 bits per heavy atom. The highest BCUT2D eigenvalue weighted by Gasteiger charge is 2.29. The molecule has 1 aliphatic heterocycles. The van der Waals surface area contributed by atoms with Gasteiger partial charge < -0.3 is 9.64 Å². The minimum Gasteiger partial charge on any atom is -0.491 e. The van der Waals surface area contributed by atoms with E-state index in [9.17, 15) is 5.26 Å². The number of benzene rings is 1. The maximum absolute atomic E-state index is 9.74. The van der Waals surface area contributed by atoms with Gasteiger partial charge in [0.25, 0.3) is 0 Å². The van der Waals surface area contributed by atoms with Gasteiger partial charge in [0, 0.05) is 25.5 Å². The molecule has 146 valence electrons. The van der Waals surface area contributed by atoms with Gasteiger partial charge in [-0.3, -0.25) is 0 Å². The molecule has 7 heteroatoms. The average molecular weight is 386 g/mol. The van der Waals surface area contributed by atoms with E-state index in [0.29, 0.717) is 23.3 Å². The van der Waals surface area contributed by atoms with Crippen LogP contribution in [0, 0.1) is 17.2 Å². The highest BCUT2D eigenvalue weighted by Crippen LogP contribution is 2.35. The molecule has 0 N–H and O–H groups in total. The SMILES string of the molecule is COc1cnc(-c2ncccn2)nc1N1CCC(C(C#N)c2ccccc2)CC1. The topological polar surface area (TPSA) is 87.8 Å². The van der Waals surface area contributed by atoms with Crippen LogP contribution in [0.3, 0.4) is 0 Å². The van der Waals surface area contributed by atoms with Crippen LogP contribution >= 0.6 is 0 Å². The molecule has 1 atom stereocenters. The zero-order valence-electron chi connectivity index (χ0n) is 16.3. The van der Waals surface area contributed by atoms with E-state index in [0.717, 1.165) is 37.3 Å². The largest absolute Gasteiger partial charge is 0.491 e. The Balaban J connectivity index is 1.53. The van der Waals surface area contributed by atoms with Crippen molar-refractivity contribution in [2.45, 2.75) is 18.8 Å². The smallest absolute Gasteiger partial charge is 0.199 e. The van der Waals surface area contributed by atoms with E-state index in [4.69, 9.17) is 4.74 Å². The summed E-state index contributed by atoms with van der Waals surface area (Å²) in [4.78, 5) is 19.7. The lowest BCUT2D eigenvalue weighted by atomic mass is 9.81. The highest BCUT2D eigenvalue weighted by atomic mass is 16.5. The quantitative estimate of drug-likeness (QED) is 0.663. The van der Waals surface area contributed by atoms with E-state index in [1.807, 2.05) is 30.3 Å². The molecule has 0 aliphatic carbocycles. The minimum atomic E-state index is -0.0843. The van der Waals surface area contributed by atoms with Gasteiger partial charge in [-0.1, -0.05) is 30.3 Å². The fourth-order valence-corrected chi connectivity index (χ4v) is 3.81. The van der Waals surface area contributed by atoms with Crippen LogP contribution in [0.2, 0.25) is 0 Å². The van der Waals surface area contributed by atoms with Gasteiger partial charge in [0.2, 0.25) is 0 Å². The maximum atomic E-state index is 9.74. The summed E-state index contributed by atoms with van der Waals surface area (Å²) in [5.41, 5.74) is 1.09. The summed E-state index contributed by atoms with van der Waals surface area (Å²) in [7, 11) is 1.62. The van der Waals surface area contributed by atoms with Crippen LogP contribution in [-0.4, -0.2) is 40.1 Å². The summed E-state index contributed by atoms with van der Waals surface area (Å²) < 4.78 is 5.49. The fourth-order valence-electron chi connectivity index (χ4n) is 3.81. The summed E-state index contributed by atoms with van der Waals surface area (Å²) in [5, 5.41) is 9.74. The van der Waals surface area contributed by atoms with Crippen LogP contribution in [0.15, 0.2) is 55.0 Å². The van der Waals surface area contributed by atoms with Crippen LogP contribution in [-0.2, 0) is 0 Å². The van der Waals surface area contributed by atoms with Crippen molar-refractivity contribution in [1.82, 2.24) is 19.9 Å². The molecule has 1 unspecified atom stereocenters. The van der Waals surface area contributed by atoms with E-state index in [2.05, 4.69) is 30.9 Å². The molecule has 1 saturated heterocycles. The molecule has 7 nitrogen and oxygen atoms in total. The standard InChI is InChI=1S/C22H22N6O/c1-29-19-15-26-21(20-24-10-5-11-25-20)27-22(19)28-12-8-17(9-13-28)18(14-23)16-6-3-2-4-7-16/h2-7,10-11,15,17-18H,8-9,12-13H2,1H3. The van der Waals surface area contributed by atoms with Crippen molar-refractivity contribution in [2.24, 2.45) is 5.92 Å². The second-order valence-electron chi connectivity index (χ2n) is 7.00. The van der Waals surface area contributed by atoms with Crippen molar-refractivity contribution >= 4 is 5.82 Å². The average Bonchev–Trinajstić information content (AvgIpc) is 2.81. The van der Waals surface area contributed by atoms with Crippen LogP contribution in [0.5, 0.6) is 5.75 Å². The molecule has 0 spiro atoms. The molecule has 0 radical (unpaired) electrons. The zero-order valence-corrected chi connectivity index (χ0v) is 16.3. The number of methoxy groups -OCH3 is 1. The van der Waals surface area contributed by atoms with E-state index in [1.54, 1.807) is 31.8 Å². The van der Waals surface area contributed by atoms with Crippen molar-refractivity contribution < 1.29 is 4.74 Å². The van der Waals surface area contributed by atoms with Crippen LogP contribution in [0.25, 0.3) is 11.6 Å². The zero-order chi connectivity index (χ0) is 20.1. The highest BCUT2D eigenvalue weighted by molar-refractivity contribution is 5.57. The molecule has 29 heavy (non-hydrogen) atoms. The fraction of sp³-hybridized carbons (Fsp3) is 0.318. The van der Waals surface area contributed by atoms with Crippen molar-refractivity contribution in [3.05, 3.63) is 60.6 Å². The number of rotatable bonds is 5. The number of aromatic nitrogens is 4. The van der Waals surface area contributed by atoms with Crippen molar-refractivity contribution in [2.75, 3.05) is 25.1 Å². The van der Waals surface area contributed by atoms with E-state index in [1.165, 1.54) is 0 Å². The first kappa shape index (κ1) is 18.8. The van der Waals surface area contributed by atoms with E-state index in [-0.39, 0.29) is 5.92 Å². The molecule has 2 aromatic heterocycles. The molecule has 3 aromatic rings. The molecule has 0 amide bonds. The lowest BCUT2D eigenvalue weighted by molar-refractivity contribution is 0.369. The van der Waals surface area contributed by atoms with Gasteiger partial charge in [0.15, 0.2) is 23.2 Å². The van der Waals surface area contributed by atoms with Crippen LogP contribution < -0.4 is 9.64 Å². The Morgan fingerprint density at radius 3 is 2.41 bits per heavy atom. The molecule has 1 aromatic carbocycles. The predicted octanol–water partition coefficient (Wildman–Crippen LogP) is 3.47. The Labute approximate surface area is 170 Å². The number of piperidine rings is 1. The van der Waals surface area contributed by atoms with Gasteiger partial charge in [-0.2, -0.15) is 5.26 Å². The first-order chi connectivity index (χ1) is 14.3. The summed E-state index contributed by atoms with van der Waals surface area (Å²) >= 11 is 0. The van der Waals surface area contributed by atoms with Gasteiger partial charge >= 0.3 is 0 Å².